The van der Waals surface area contributed by atoms with E-state index < -0.39 is 11.9 Å². The van der Waals surface area contributed by atoms with Gasteiger partial charge in [0.15, 0.2) is 0 Å². The molecular weight excluding hydrogens is 282 g/mol. The van der Waals surface area contributed by atoms with Gasteiger partial charge in [0, 0.05) is 18.0 Å². The Kier molecular flexibility index (Phi) is 3.83. The summed E-state index contributed by atoms with van der Waals surface area (Å²) in [7, 11) is 0. The van der Waals surface area contributed by atoms with Gasteiger partial charge in [-0.25, -0.2) is 0 Å². The fourth-order valence-electron chi connectivity index (χ4n) is 3.20. The molecule has 0 bridgehead atoms. The minimum Gasteiger partial charge on any atom is -0.481 e. The summed E-state index contributed by atoms with van der Waals surface area (Å²) in [5.74, 6) is -1.30. The molecule has 22 heavy (non-hydrogen) atoms. The molecule has 0 unspecified atom stereocenters. The molecule has 1 amide bonds. The number of amides is 1. The summed E-state index contributed by atoms with van der Waals surface area (Å²) in [5, 5.41) is 17.1. The molecule has 1 aliphatic rings. The SMILES string of the molecule is C[C@@H]1[C@H](C(=O)O)CCCN1C(=O)Cc1ccc2cn[nH]c2c1. The van der Waals surface area contributed by atoms with Gasteiger partial charge in [0.2, 0.25) is 5.91 Å². The molecule has 2 N–H and O–H groups in total. The minimum atomic E-state index is -0.816. The Morgan fingerprint density at radius 1 is 1.45 bits per heavy atom. The molecule has 3 rings (SSSR count). The third kappa shape index (κ3) is 2.68. The first-order valence-corrected chi connectivity index (χ1v) is 7.50. The monoisotopic (exact) mass is 301 g/mol. The number of carboxylic acid groups (broad SMARTS) is 1. The molecule has 1 aliphatic heterocycles. The fourth-order valence-corrected chi connectivity index (χ4v) is 3.20. The summed E-state index contributed by atoms with van der Waals surface area (Å²) >= 11 is 0. The molecule has 2 heterocycles. The van der Waals surface area contributed by atoms with E-state index in [0.29, 0.717) is 13.0 Å². The first-order chi connectivity index (χ1) is 10.6. The number of aliphatic carboxylic acids is 1. The molecule has 1 fully saturated rings. The number of hydrogen-bond donors (Lipinski definition) is 2. The van der Waals surface area contributed by atoms with Gasteiger partial charge in [-0.2, -0.15) is 5.10 Å². The minimum absolute atomic E-state index is 0.0164. The van der Waals surface area contributed by atoms with Gasteiger partial charge in [-0.1, -0.05) is 12.1 Å². The molecule has 2 atom stereocenters. The van der Waals surface area contributed by atoms with Crippen LogP contribution in [0.4, 0.5) is 0 Å². The van der Waals surface area contributed by atoms with E-state index in [1.807, 2.05) is 25.1 Å². The summed E-state index contributed by atoms with van der Waals surface area (Å²) in [6.45, 7) is 2.46. The summed E-state index contributed by atoms with van der Waals surface area (Å²) < 4.78 is 0. The van der Waals surface area contributed by atoms with Crippen molar-refractivity contribution >= 4 is 22.8 Å². The first-order valence-electron chi connectivity index (χ1n) is 7.50. The number of benzene rings is 1. The largest absolute Gasteiger partial charge is 0.481 e. The number of fused-ring (bicyclic) bond motifs is 1. The molecule has 1 aromatic heterocycles. The number of rotatable bonds is 3. The molecule has 6 nitrogen and oxygen atoms in total. The third-order valence-corrected chi connectivity index (χ3v) is 4.49. The average Bonchev–Trinajstić information content (AvgIpc) is 2.94. The van der Waals surface area contributed by atoms with Gasteiger partial charge in [0.1, 0.15) is 0 Å². The van der Waals surface area contributed by atoms with Crippen molar-refractivity contribution in [3.05, 3.63) is 30.0 Å². The van der Waals surface area contributed by atoms with Crippen molar-refractivity contribution in [3.63, 3.8) is 0 Å². The van der Waals surface area contributed by atoms with Crippen LogP contribution in [0.3, 0.4) is 0 Å². The zero-order valence-electron chi connectivity index (χ0n) is 12.5. The normalized spacial score (nSPS) is 22.0. The van der Waals surface area contributed by atoms with Crippen molar-refractivity contribution in [1.29, 1.82) is 0 Å². The summed E-state index contributed by atoms with van der Waals surface area (Å²) in [6.07, 6.45) is 3.41. The van der Waals surface area contributed by atoms with Gasteiger partial charge < -0.3 is 10.0 Å². The highest BCUT2D eigenvalue weighted by molar-refractivity contribution is 5.83. The van der Waals surface area contributed by atoms with Crippen molar-refractivity contribution < 1.29 is 14.7 Å². The van der Waals surface area contributed by atoms with Crippen LogP contribution in [-0.2, 0) is 16.0 Å². The van der Waals surface area contributed by atoms with E-state index in [0.717, 1.165) is 22.9 Å². The van der Waals surface area contributed by atoms with Crippen LogP contribution in [0, 0.1) is 5.92 Å². The lowest BCUT2D eigenvalue weighted by atomic mass is 9.90. The number of aromatic nitrogens is 2. The van der Waals surface area contributed by atoms with E-state index in [4.69, 9.17) is 0 Å². The number of aromatic amines is 1. The summed E-state index contributed by atoms with van der Waals surface area (Å²) in [4.78, 5) is 25.5. The number of hydrogen-bond acceptors (Lipinski definition) is 3. The number of carbonyl (C=O) groups excluding carboxylic acids is 1. The van der Waals surface area contributed by atoms with Crippen LogP contribution >= 0.6 is 0 Å². The van der Waals surface area contributed by atoms with Crippen LogP contribution < -0.4 is 0 Å². The molecule has 0 saturated carbocycles. The van der Waals surface area contributed by atoms with Gasteiger partial charge >= 0.3 is 5.97 Å². The smallest absolute Gasteiger partial charge is 0.308 e. The van der Waals surface area contributed by atoms with Crippen LogP contribution in [0.25, 0.3) is 10.9 Å². The van der Waals surface area contributed by atoms with Crippen molar-refractivity contribution in [2.24, 2.45) is 5.92 Å². The second-order valence-corrected chi connectivity index (χ2v) is 5.88. The van der Waals surface area contributed by atoms with Crippen LogP contribution in [0.5, 0.6) is 0 Å². The second-order valence-electron chi connectivity index (χ2n) is 5.88. The standard InChI is InChI=1S/C16H19N3O3/c1-10-13(16(21)22)3-2-6-19(10)15(20)8-11-4-5-12-9-17-18-14(12)7-11/h4-5,7,9-10,13H,2-3,6,8H2,1H3,(H,17,18)(H,21,22)/t10-,13-/m1/s1. The average molecular weight is 301 g/mol. The van der Waals surface area contributed by atoms with Gasteiger partial charge in [0.05, 0.1) is 24.1 Å². The topological polar surface area (TPSA) is 86.3 Å². The molecule has 116 valence electrons. The van der Waals surface area contributed by atoms with Crippen LogP contribution in [0.2, 0.25) is 0 Å². The number of piperidine rings is 1. The van der Waals surface area contributed by atoms with Gasteiger partial charge in [-0.05, 0) is 31.4 Å². The predicted molar refractivity (Wildman–Crippen MR) is 81.3 cm³/mol. The van der Waals surface area contributed by atoms with Crippen LogP contribution in [0.15, 0.2) is 24.4 Å². The highest BCUT2D eigenvalue weighted by atomic mass is 16.4. The molecule has 1 aromatic carbocycles. The Bertz CT molecular complexity index is 709. The Hall–Kier alpha value is -2.37. The van der Waals surface area contributed by atoms with Crippen molar-refractivity contribution in [2.45, 2.75) is 32.2 Å². The van der Waals surface area contributed by atoms with E-state index in [2.05, 4.69) is 10.2 Å². The maximum Gasteiger partial charge on any atom is 0.308 e. The van der Waals surface area contributed by atoms with Gasteiger partial charge in [-0.3, -0.25) is 14.7 Å². The Morgan fingerprint density at radius 3 is 3.05 bits per heavy atom. The first kappa shape index (κ1) is 14.6. The number of nitrogens with one attached hydrogen (secondary N) is 1. The molecule has 1 saturated heterocycles. The van der Waals surface area contributed by atoms with Gasteiger partial charge in [-0.15, -0.1) is 0 Å². The lowest BCUT2D eigenvalue weighted by Crippen LogP contribution is -2.49. The van der Waals surface area contributed by atoms with E-state index in [-0.39, 0.29) is 18.4 Å². The Balaban J connectivity index is 1.74. The van der Waals surface area contributed by atoms with E-state index in [9.17, 15) is 14.7 Å². The second kappa shape index (κ2) is 5.79. The molecule has 2 aromatic rings. The lowest BCUT2D eigenvalue weighted by Gasteiger charge is -2.37. The van der Waals surface area contributed by atoms with Crippen molar-refractivity contribution in [2.75, 3.05) is 6.54 Å². The third-order valence-electron chi connectivity index (χ3n) is 4.49. The molecule has 0 radical (unpaired) electrons. The van der Waals surface area contributed by atoms with E-state index >= 15 is 0 Å². The maximum atomic E-state index is 12.5. The predicted octanol–water partition coefficient (Wildman–Crippen LogP) is 1.82. The van der Waals surface area contributed by atoms with Crippen molar-refractivity contribution in [3.8, 4) is 0 Å². The van der Waals surface area contributed by atoms with E-state index in [1.54, 1.807) is 11.1 Å². The number of nitrogens with zero attached hydrogens (tertiary/aromatic N) is 2. The lowest BCUT2D eigenvalue weighted by molar-refractivity contribution is -0.148. The van der Waals surface area contributed by atoms with Gasteiger partial charge in [0.25, 0.3) is 0 Å². The molecule has 0 aliphatic carbocycles. The maximum absolute atomic E-state index is 12.5. The summed E-state index contributed by atoms with van der Waals surface area (Å²) in [5.41, 5.74) is 1.81. The van der Waals surface area contributed by atoms with Crippen LogP contribution in [-0.4, -0.2) is 44.7 Å². The summed E-state index contributed by atoms with van der Waals surface area (Å²) in [6, 6.07) is 5.51. The molecule has 0 spiro atoms. The highest BCUT2D eigenvalue weighted by Crippen LogP contribution is 2.24. The molecular formula is C16H19N3O3. The number of H-pyrrole nitrogens is 1. The van der Waals surface area contributed by atoms with Crippen LogP contribution in [0.1, 0.15) is 25.3 Å². The number of likely N-dealkylation sites (tertiary alicyclic amines) is 1. The Labute approximate surface area is 128 Å². The number of carboxylic acids is 1. The Morgan fingerprint density at radius 2 is 2.27 bits per heavy atom. The zero-order chi connectivity index (χ0) is 15.7. The number of carbonyl (C=O) groups is 2. The molecule has 6 heteroatoms. The van der Waals surface area contributed by atoms with Crippen molar-refractivity contribution in [1.82, 2.24) is 15.1 Å². The quantitative estimate of drug-likeness (QED) is 0.905. The highest BCUT2D eigenvalue weighted by Gasteiger charge is 2.35. The van der Waals surface area contributed by atoms with E-state index in [1.165, 1.54) is 0 Å². The zero-order valence-corrected chi connectivity index (χ0v) is 12.5. The fraction of sp³-hybridized carbons (Fsp3) is 0.438.